The fourth-order valence-electron chi connectivity index (χ4n) is 1.64. The first-order chi connectivity index (χ1) is 5.33. The highest BCUT2D eigenvalue weighted by atomic mass is 16.5. The Labute approximate surface area is 67.7 Å². The number of piperidine rings is 1. The van der Waals surface area contributed by atoms with Crippen molar-refractivity contribution in [2.45, 2.75) is 12.8 Å². The van der Waals surface area contributed by atoms with Crippen molar-refractivity contribution < 1.29 is 9.84 Å². The molecule has 11 heavy (non-hydrogen) atoms. The van der Waals surface area contributed by atoms with E-state index in [1.54, 1.807) is 7.11 Å². The third-order valence-electron chi connectivity index (χ3n) is 2.35. The van der Waals surface area contributed by atoms with Crippen molar-refractivity contribution >= 4 is 0 Å². The Morgan fingerprint density at radius 1 is 1.64 bits per heavy atom. The lowest BCUT2D eigenvalue weighted by molar-refractivity contribution is 0.0123. The molecule has 1 saturated heterocycles. The third-order valence-corrected chi connectivity index (χ3v) is 2.35. The van der Waals surface area contributed by atoms with Crippen molar-refractivity contribution in [2.24, 2.45) is 5.41 Å². The molecule has 66 valence electrons. The number of hydrogen-bond donors (Lipinski definition) is 2. The minimum atomic E-state index is -0.00694. The standard InChI is InChI=1S/C8H17NO2/c1-11-7-8(6-10)3-2-4-9-5-8/h9-10H,2-7H2,1H3. The monoisotopic (exact) mass is 159 g/mol. The molecule has 3 nitrogen and oxygen atoms in total. The molecule has 0 saturated carbocycles. The Balaban J connectivity index is 2.42. The Hall–Kier alpha value is -0.120. The van der Waals surface area contributed by atoms with Gasteiger partial charge in [-0.1, -0.05) is 0 Å². The molecule has 0 bridgehead atoms. The third kappa shape index (κ3) is 2.15. The van der Waals surface area contributed by atoms with E-state index < -0.39 is 0 Å². The minimum Gasteiger partial charge on any atom is -0.396 e. The summed E-state index contributed by atoms with van der Waals surface area (Å²) >= 11 is 0. The van der Waals surface area contributed by atoms with Crippen LogP contribution in [0.4, 0.5) is 0 Å². The van der Waals surface area contributed by atoms with Crippen LogP contribution in [0, 0.1) is 5.41 Å². The molecule has 0 aromatic carbocycles. The molecule has 1 atom stereocenters. The second-order valence-electron chi connectivity index (χ2n) is 3.37. The molecule has 0 aromatic heterocycles. The van der Waals surface area contributed by atoms with Crippen LogP contribution in [0.5, 0.6) is 0 Å². The topological polar surface area (TPSA) is 41.5 Å². The lowest BCUT2D eigenvalue weighted by Crippen LogP contribution is -2.45. The zero-order chi connectivity index (χ0) is 8.16. The van der Waals surface area contributed by atoms with Gasteiger partial charge >= 0.3 is 0 Å². The SMILES string of the molecule is COCC1(CO)CCCNC1. The van der Waals surface area contributed by atoms with Crippen LogP contribution in [0.25, 0.3) is 0 Å². The van der Waals surface area contributed by atoms with Gasteiger partial charge in [0.1, 0.15) is 0 Å². The highest BCUT2D eigenvalue weighted by molar-refractivity contribution is 4.84. The average molecular weight is 159 g/mol. The molecule has 0 radical (unpaired) electrons. The van der Waals surface area contributed by atoms with Gasteiger partial charge in [0.25, 0.3) is 0 Å². The Morgan fingerprint density at radius 2 is 2.45 bits per heavy atom. The summed E-state index contributed by atoms with van der Waals surface area (Å²) in [5.41, 5.74) is -0.00694. The van der Waals surface area contributed by atoms with Gasteiger partial charge in [0.2, 0.25) is 0 Å². The van der Waals surface area contributed by atoms with Gasteiger partial charge in [-0.3, -0.25) is 0 Å². The molecule has 1 unspecified atom stereocenters. The summed E-state index contributed by atoms with van der Waals surface area (Å²) in [7, 11) is 1.69. The maximum absolute atomic E-state index is 9.15. The Morgan fingerprint density at radius 3 is 2.91 bits per heavy atom. The van der Waals surface area contributed by atoms with E-state index in [2.05, 4.69) is 5.32 Å². The maximum atomic E-state index is 9.15. The largest absolute Gasteiger partial charge is 0.396 e. The lowest BCUT2D eigenvalue weighted by atomic mass is 9.82. The quantitative estimate of drug-likeness (QED) is 0.609. The summed E-state index contributed by atoms with van der Waals surface area (Å²) in [6.07, 6.45) is 2.22. The molecule has 0 spiro atoms. The molecular weight excluding hydrogens is 142 g/mol. The fraction of sp³-hybridized carbons (Fsp3) is 1.00. The molecule has 0 aromatic rings. The van der Waals surface area contributed by atoms with Gasteiger partial charge in [-0.2, -0.15) is 0 Å². The van der Waals surface area contributed by atoms with Gasteiger partial charge in [-0.25, -0.2) is 0 Å². The van der Waals surface area contributed by atoms with Gasteiger partial charge in [0, 0.05) is 19.1 Å². The lowest BCUT2D eigenvalue weighted by Gasteiger charge is -2.35. The average Bonchev–Trinajstić information content (AvgIpc) is 2.07. The first-order valence-corrected chi connectivity index (χ1v) is 4.13. The van der Waals surface area contributed by atoms with E-state index in [9.17, 15) is 0 Å². The molecule has 1 fully saturated rings. The number of ether oxygens (including phenoxy) is 1. The molecule has 3 heteroatoms. The Kier molecular flexibility index (Phi) is 3.30. The highest BCUT2D eigenvalue weighted by Gasteiger charge is 2.30. The molecule has 1 aliphatic heterocycles. The molecule has 1 rings (SSSR count). The number of aliphatic hydroxyl groups is 1. The van der Waals surface area contributed by atoms with Crippen molar-refractivity contribution in [3.8, 4) is 0 Å². The van der Waals surface area contributed by atoms with E-state index >= 15 is 0 Å². The molecule has 0 aliphatic carbocycles. The first-order valence-electron chi connectivity index (χ1n) is 4.13. The smallest absolute Gasteiger partial charge is 0.0552 e. The number of nitrogens with one attached hydrogen (secondary N) is 1. The first kappa shape index (κ1) is 8.97. The zero-order valence-corrected chi connectivity index (χ0v) is 7.10. The van der Waals surface area contributed by atoms with E-state index in [1.807, 2.05) is 0 Å². The van der Waals surface area contributed by atoms with E-state index in [0.717, 1.165) is 25.9 Å². The fourth-order valence-corrected chi connectivity index (χ4v) is 1.64. The molecule has 0 amide bonds. The number of methoxy groups -OCH3 is 1. The van der Waals surface area contributed by atoms with Crippen molar-refractivity contribution in [3.63, 3.8) is 0 Å². The highest BCUT2D eigenvalue weighted by Crippen LogP contribution is 2.25. The summed E-state index contributed by atoms with van der Waals surface area (Å²) in [5, 5.41) is 12.4. The summed E-state index contributed by atoms with van der Waals surface area (Å²) in [6.45, 7) is 2.85. The maximum Gasteiger partial charge on any atom is 0.0552 e. The van der Waals surface area contributed by atoms with Crippen LogP contribution in [-0.4, -0.2) is 38.5 Å². The molecule has 1 aliphatic rings. The second kappa shape index (κ2) is 4.04. The van der Waals surface area contributed by atoms with Crippen LogP contribution >= 0.6 is 0 Å². The predicted molar refractivity (Wildman–Crippen MR) is 43.5 cm³/mol. The summed E-state index contributed by atoms with van der Waals surface area (Å²) in [4.78, 5) is 0. The van der Waals surface area contributed by atoms with E-state index in [1.165, 1.54) is 0 Å². The van der Waals surface area contributed by atoms with E-state index in [4.69, 9.17) is 9.84 Å². The minimum absolute atomic E-state index is 0.00694. The predicted octanol–water partition coefficient (Wildman–Crippen LogP) is -0.00510. The van der Waals surface area contributed by atoms with E-state index in [0.29, 0.717) is 6.61 Å². The van der Waals surface area contributed by atoms with Gasteiger partial charge in [0.15, 0.2) is 0 Å². The molecule has 1 heterocycles. The van der Waals surface area contributed by atoms with Crippen LogP contribution in [-0.2, 0) is 4.74 Å². The van der Waals surface area contributed by atoms with Gasteiger partial charge in [0.05, 0.1) is 13.2 Å². The summed E-state index contributed by atoms with van der Waals surface area (Å²) in [6, 6.07) is 0. The summed E-state index contributed by atoms with van der Waals surface area (Å²) < 4.78 is 5.08. The van der Waals surface area contributed by atoms with Crippen molar-refractivity contribution in [1.82, 2.24) is 5.32 Å². The van der Waals surface area contributed by atoms with Crippen LogP contribution in [0.15, 0.2) is 0 Å². The van der Waals surface area contributed by atoms with E-state index in [-0.39, 0.29) is 12.0 Å². The zero-order valence-electron chi connectivity index (χ0n) is 7.10. The van der Waals surface area contributed by atoms with Crippen molar-refractivity contribution in [1.29, 1.82) is 0 Å². The normalized spacial score (nSPS) is 32.2. The summed E-state index contributed by atoms with van der Waals surface area (Å²) in [5.74, 6) is 0. The van der Waals surface area contributed by atoms with Crippen LogP contribution in [0.1, 0.15) is 12.8 Å². The van der Waals surface area contributed by atoms with Gasteiger partial charge in [-0.15, -0.1) is 0 Å². The number of rotatable bonds is 3. The number of aliphatic hydroxyl groups excluding tert-OH is 1. The Bertz CT molecular complexity index is 105. The molecule has 2 N–H and O–H groups in total. The van der Waals surface area contributed by atoms with Crippen LogP contribution < -0.4 is 5.32 Å². The molecular formula is C8H17NO2. The van der Waals surface area contributed by atoms with Crippen molar-refractivity contribution in [2.75, 3.05) is 33.4 Å². The van der Waals surface area contributed by atoms with Crippen LogP contribution in [0.3, 0.4) is 0 Å². The van der Waals surface area contributed by atoms with Crippen LogP contribution in [0.2, 0.25) is 0 Å². The number of hydrogen-bond acceptors (Lipinski definition) is 3. The van der Waals surface area contributed by atoms with Gasteiger partial charge in [-0.05, 0) is 19.4 Å². The van der Waals surface area contributed by atoms with Crippen molar-refractivity contribution in [3.05, 3.63) is 0 Å². The second-order valence-corrected chi connectivity index (χ2v) is 3.37. The van der Waals surface area contributed by atoms with Gasteiger partial charge < -0.3 is 15.2 Å².